The Morgan fingerprint density at radius 2 is 1.73 bits per heavy atom. The molecule has 138 valence electrons. The van der Waals surface area contributed by atoms with Gasteiger partial charge in [0.05, 0.1) is 24.9 Å². The van der Waals surface area contributed by atoms with Gasteiger partial charge in [-0.1, -0.05) is 38.1 Å². The molecule has 0 saturated carbocycles. The molecule has 5 nitrogen and oxygen atoms in total. The van der Waals surface area contributed by atoms with Crippen LogP contribution in [0.4, 0.5) is 10.1 Å². The van der Waals surface area contributed by atoms with Crippen LogP contribution in [0.25, 0.3) is 0 Å². The minimum Gasteiger partial charge on any atom is -0.465 e. The number of halogens is 1. The fourth-order valence-electron chi connectivity index (χ4n) is 2.69. The van der Waals surface area contributed by atoms with E-state index in [2.05, 4.69) is 10.6 Å². The molecule has 0 radical (unpaired) electrons. The molecule has 0 bridgehead atoms. The number of nitrogens with one attached hydrogen (secondary N) is 2. The maximum absolute atomic E-state index is 13.1. The number of methoxy groups -OCH3 is 1. The lowest BCUT2D eigenvalue weighted by molar-refractivity contribution is -0.115. The summed E-state index contributed by atoms with van der Waals surface area (Å²) in [4.78, 5) is 24.1. The van der Waals surface area contributed by atoms with Gasteiger partial charge in [0.15, 0.2) is 0 Å². The van der Waals surface area contributed by atoms with Crippen molar-refractivity contribution in [3.63, 3.8) is 0 Å². The molecule has 0 aliphatic heterocycles. The van der Waals surface area contributed by atoms with E-state index in [1.54, 1.807) is 36.4 Å². The van der Waals surface area contributed by atoms with Crippen molar-refractivity contribution in [3.05, 3.63) is 65.5 Å². The molecule has 6 heteroatoms. The molecule has 0 aromatic heterocycles. The summed E-state index contributed by atoms with van der Waals surface area (Å²) in [5, 5.41) is 5.91. The first kappa shape index (κ1) is 19.6. The Kier molecular flexibility index (Phi) is 6.86. The highest BCUT2D eigenvalue weighted by Gasteiger charge is 2.18. The molecule has 0 spiro atoms. The Morgan fingerprint density at radius 3 is 2.35 bits per heavy atom. The minimum absolute atomic E-state index is 0.0513. The second-order valence-electron chi connectivity index (χ2n) is 6.24. The molecule has 1 amide bonds. The van der Waals surface area contributed by atoms with E-state index in [-0.39, 0.29) is 30.2 Å². The van der Waals surface area contributed by atoms with Gasteiger partial charge in [0, 0.05) is 6.04 Å². The summed E-state index contributed by atoms with van der Waals surface area (Å²) in [5.41, 5.74) is 1.60. The molecule has 0 heterocycles. The summed E-state index contributed by atoms with van der Waals surface area (Å²) < 4.78 is 17.8. The molecule has 0 fully saturated rings. The van der Waals surface area contributed by atoms with E-state index in [9.17, 15) is 14.0 Å². The average Bonchev–Trinajstić information content (AvgIpc) is 2.63. The van der Waals surface area contributed by atoms with Crippen LogP contribution in [-0.2, 0) is 9.53 Å². The molecule has 2 rings (SSSR count). The van der Waals surface area contributed by atoms with E-state index in [0.717, 1.165) is 5.56 Å². The number of para-hydroxylation sites is 1. The number of benzene rings is 2. The molecule has 0 aliphatic carbocycles. The second-order valence-corrected chi connectivity index (χ2v) is 6.24. The van der Waals surface area contributed by atoms with Gasteiger partial charge in [0.25, 0.3) is 0 Å². The number of amides is 1. The number of carbonyl (C=O) groups is 2. The molecule has 0 aliphatic rings. The first-order chi connectivity index (χ1) is 12.4. The van der Waals surface area contributed by atoms with E-state index in [4.69, 9.17) is 4.74 Å². The third-order valence-electron chi connectivity index (χ3n) is 3.98. The van der Waals surface area contributed by atoms with Crippen molar-refractivity contribution < 1.29 is 18.7 Å². The van der Waals surface area contributed by atoms with Gasteiger partial charge in [-0.15, -0.1) is 0 Å². The molecule has 0 saturated heterocycles. The van der Waals surface area contributed by atoms with Crippen LogP contribution in [0.2, 0.25) is 0 Å². The van der Waals surface area contributed by atoms with Crippen molar-refractivity contribution in [1.82, 2.24) is 5.32 Å². The number of anilines is 1. The number of rotatable bonds is 7. The number of carbonyl (C=O) groups excluding carboxylic acids is 2. The Morgan fingerprint density at radius 1 is 1.08 bits per heavy atom. The highest BCUT2D eigenvalue weighted by Crippen LogP contribution is 2.22. The highest BCUT2D eigenvalue weighted by atomic mass is 19.1. The molecular weight excluding hydrogens is 335 g/mol. The normalized spacial score (nSPS) is 11.9. The molecule has 2 aromatic rings. The maximum atomic E-state index is 13.1. The Balaban J connectivity index is 2.03. The Bertz CT molecular complexity index is 760. The van der Waals surface area contributed by atoms with Crippen molar-refractivity contribution in [1.29, 1.82) is 0 Å². The lowest BCUT2D eigenvalue weighted by Crippen LogP contribution is -2.34. The third kappa shape index (κ3) is 5.13. The van der Waals surface area contributed by atoms with Gasteiger partial charge < -0.3 is 15.4 Å². The van der Waals surface area contributed by atoms with Crippen molar-refractivity contribution in [3.8, 4) is 0 Å². The van der Waals surface area contributed by atoms with Crippen LogP contribution < -0.4 is 10.6 Å². The quantitative estimate of drug-likeness (QED) is 0.743. The standard InChI is InChI=1S/C20H23FN2O3/c1-13(2)19(14-8-10-15(21)11-9-14)22-12-18(24)23-17-7-5-4-6-16(17)20(25)26-3/h4-11,13,19,22H,12H2,1-3H3,(H,23,24)/t19-/m0/s1. The van der Waals surface area contributed by atoms with Gasteiger partial charge >= 0.3 is 5.97 Å². The monoisotopic (exact) mass is 358 g/mol. The van der Waals surface area contributed by atoms with E-state index >= 15 is 0 Å². The zero-order chi connectivity index (χ0) is 19.1. The van der Waals surface area contributed by atoms with Crippen molar-refractivity contribution in [2.24, 2.45) is 5.92 Å². The SMILES string of the molecule is COC(=O)c1ccccc1NC(=O)CN[C@H](c1ccc(F)cc1)C(C)C. The summed E-state index contributed by atoms with van der Waals surface area (Å²) in [5.74, 6) is -0.890. The summed E-state index contributed by atoms with van der Waals surface area (Å²) in [6.45, 7) is 4.09. The van der Waals surface area contributed by atoms with Crippen LogP contribution >= 0.6 is 0 Å². The zero-order valence-electron chi connectivity index (χ0n) is 15.1. The maximum Gasteiger partial charge on any atom is 0.339 e. The van der Waals surface area contributed by atoms with Gasteiger partial charge in [-0.3, -0.25) is 4.79 Å². The topological polar surface area (TPSA) is 67.4 Å². The van der Waals surface area contributed by atoms with Crippen LogP contribution in [-0.4, -0.2) is 25.5 Å². The van der Waals surface area contributed by atoms with Crippen molar-refractivity contribution in [2.75, 3.05) is 19.0 Å². The fourth-order valence-corrected chi connectivity index (χ4v) is 2.69. The van der Waals surface area contributed by atoms with Crippen molar-refractivity contribution >= 4 is 17.6 Å². The van der Waals surface area contributed by atoms with Gasteiger partial charge in [0.1, 0.15) is 5.82 Å². The largest absolute Gasteiger partial charge is 0.465 e. The van der Waals surface area contributed by atoms with Crippen LogP contribution in [0.3, 0.4) is 0 Å². The number of hydrogen-bond acceptors (Lipinski definition) is 4. The fraction of sp³-hybridized carbons (Fsp3) is 0.300. The lowest BCUT2D eigenvalue weighted by atomic mass is 9.96. The van der Waals surface area contributed by atoms with E-state index < -0.39 is 5.97 Å². The van der Waals surface area contributed by atoms with Crippen LogP contribution in [0.1, 0.15) is 35.8 Å². The van der Waals surface area contributed by atoms with E-state index in [1.807, 2.05) is 13.8 Å². The zero-order valence-corrected chi connectivity index (χ0v) is 15.1. The number of hydrogen-bond donors (Lipinski definition) is 2. The summed E-state index contributed by atoms with van der Waals surface area (Å²) in [6.07, 6.45) is 0. The predicted molar refractivity (Wildman–Crippen MR) is 98.4 cm³/mol. The van der Waals surface area contributed by atoms with E-state index in [0.29, 0.717) is 11.3 Å². The van der Waals surface area contributed by atoms with E-state index in [1.165, 1.54) is 19.2 Å². The van der Waals surface area contributed by atoms with Gasteiger partial charge in [0.2, 0.25) is 5.91 Å². The van der Waals surface area contributed by atoms with Gasteiger partial charge in [-0.2, -0.15) is 0 Å². The molecule has 0 unspecified atom stereocenters. The summed E-state index contributed by atoms with van der Waals surface area (Å²) >= 11 is 0. The molecule has 1 atom stereocenters. The Hall–Kier alpha value is -2.73. The summed E-state index contributed by atoms with van der Waals surface area (Å²) in [6, 6.07) is 12.8. The number of esters is 1. The molecular formula is C20H23FN2O3. The number of ether oxygens (including phenoxy) is 1. The molecule has 26 heavy (non-hydrogen) atoms. The molecule has 2 N–H and O–H groups in total. The van der Waals surface area contributed by atoms with Gasteiger partial charge in [-0.25, -0.2) is 9.18 Å². The lowest BCUT2D eigenvalue weighted by Gasteiger charge is -2.23. The smallest absolute Gasteiger partial charge is 0.339 e. The Labute approximate surface area is 152 Å². The minimum atomic E-state index is -0.514. The average molecular weight is 358 g/mol. The first-order valence-electron chi connectivity index (χ1n) is 8.38. The molecule has 2 aromatic carbocycles. The second kappa shape index (κ2) is 9.10. The van der Waals surface area contributed by atoms with Crippen LogP contribution in [0.15, 0.2) is 48.5 Å². The highest BCUT2D eigenvalue weighted by molar-refractivity contribution is 6.01. The predicted octanol–water partition coefficient (Wildman–Crippen LogP) is 3.54. The third-order valence-corrected chi connectivity index (χ3v) is 3.98. The first-order valence-corrected chi connectivity index (χ1v) is 8.38. The summed E-state index contributed by atoms with van der Waals surface area (Å²) in [7, 11) is 1.29. The van der Waals surface area contributed by atoms with Crippen LogP contribution in [0, 0.1) is 11.7 Å². The van der Waals surface area contributed by atoms with Crippen LogP contribution in [0.5, 0.6) is 0 Å². The van der Waals surface area contributed by atoms with Crippen molar-refractivity contribution in [2.45, 2.75) is 19.9 Å². The van der Waals surface area contributed by atoms with Gasteiger partial charge in [-0.05, 0) is 35.7 Å².